The molecule has 0 N–H and O–H groups in total. The second kappa shape index (κ2) is 6.06. The van der Waals surface area contributed by atoms with E-state index in [0.29, 0.717) is 11.5 Å². The van der Waals surface area contributed by atoms with Crippen LogP contribution in [-0.4, -0.2) is 7.11 Å². The summed E-state index contributed by atoms with van der Waals surface area (Å²) in [6, 6.07) is 5.99. The summed E-state index contributed by atoms with van der Waals surface area (Å²) in [5.74, 6) is 5.87. The van der Waals surface area contributed by atoms with Gasteiger partial charge in [0.1, 0.15) is 17.3 Å². The molecule has 0 atom stereocenters. The van der Waals surface area contributed by atoms with Crippen molar-refractivity contribution in [2.75, 3.05) is 7.11 Å². The number of aryl methyl sites for hydroxylation is 2. The van der Waals surface area contributed by atoms with E-state index in [4.69, 9.17) is 13.6 Å². The molecule has 2 rings (SSSR count). The van der Waals surface area contributed by atoms with E-state index in [9.17, 15) is 0 Å². The number of furan rings is 2. The molecule has 0 aliphatic rings. The van der Waals surface area contributed by atoms with Crippen LogP contribution in [-0.2, 0) is 16.2 Å². The largest absolute Gasteiger partial charge is 0.493 e. The van der Waals surface area contributed by atoms with Crippen molar-refractivity contribution in [3.05, 3.63) is 53.4 Å². The van der Waals surface area contributed by atoms with Crippen LogP contribution in [0.2, 0.25) is 0 Å². The monoisotopic (exact) mass is 278 g/mol. The molecule has 2 aromatic rings. The standard InChI is InChI=1S/C15H18O3S/c1-10-5-6-14(17-10)9-19-8-13-7-15(12(3)16-4)18-11(13)2/h5-7H,3,8-9H2,1-2,4H3. The maximum Gasteiger partial charge on any atom is 0.168 e. The molecule has 0 radical (unpaired) electrons. The Bertz CT molecular complexity index is 566. The lowest BCUT2D eigenvalue weighted by Gasteiger charge is -1.98. The average molecular weight is 278 g/mol. The predicted octanol–water partition coefficient (Wildman–Crippen LogP) is 4.54. The van der Waals surface area contributed by atoms with Crippen LogP contribution in [0.25, 0.3) is 5.76 Å². The highest BCUT2D eigenvalue weighted by Gasteiger charge is 2.10. The van der Waals surface area contributed by atoms with Crippen molar-refractivity contribution in [2.45, 2.75) is 25.4 Å². The summed E-state index contributed by atoms with van der Waals surface area (Å²) < 4.78 is 16.2. The number of methoxy groups -OCH3 is 1. The number of hydrogen-bond acceptors (Lipinski definition) is 4. The van der Waals surface area contributed by atoms with E-state index < -0.39 is 0 Å². The van der Waals surface area contributed by atoms with E-state index in [1.807, 2.05) is 32.0 Å². The van der Waals surface area contributed by atoms with Crippen LogP contribution in [0.1, 0.15) is 28.6 Å². The molecular weight excluding hydrogens is 260 g/mol. The van der Waals surface area contributed by atoms with Gasteiger partial charge in [0.25, 0.3) is 0 Å². The third-order valence-electron chi connectivity index (χ3n) is 2.84. The normalized spacial score (nSPS) is 10.7. The Hall–Kier alpha value is -1.55. The molecule has 2 aromatic heterocycles. The van der Waals surface area contributed by atoms with Gasteiger partial charge >= 0.3 is 0 Å². The summed E-state index contributed by atoms with van der Waals surface area (Å²) in [5.41, 5.74) is 1.17. The van der Waals surface area contributed by atoms with Crippen molar-refractivity contribution in [2.24, 2.45) is 0 Å². The predicted molar refractivity (Wildman–Crippen MR) is 77.9 cm³/mol. The Kier molecular flexibility index (Phi) is 4.43. The molecule has 19 heavy (non-hydrogen) atoms. The van der Waals surface area contributed by atoms with Gasteiger partial charge in [-0.3, -0.25) is 0 Å². The topological polar surface area (TPSA) is 35.5 Å². The Labute approximate surface area is 117 Å². The third kappa shape index (κ3) is 3.47. The van der Waals surface area contributed by atoms with E-state index in [-0.39, 0.29) is 0 Å². The number of thioether (sulfide) groups is 1. The molecule has 0 aliphatic carbocycles. The Morgan fingerprint density at radius 1 is 1.26 bits per heavy atom. The summed E-state index contributed by atoms with van der Waals surface area (Å²) in [5, 5.41) is 0. The molecule has 102 valence electrons. The van der Waals surface area contributed by atoms with Crippen molar-refractivity contribution >= 4 is 17.5 Å². The second-order valence-corrected chi connectivity index (χ2v) is 5.31. The van der Waals surface area contributed by atoms with E-state index in [1.165, 1.54) is 5.56 Å². The molecule has 0 saturated carbocycles. The molecule has 0 saturated heterocycles. The van der Waals surface area contributed by atoms with Gasteiger partial charge in [-0.1, -0.05) is 6.58 Å². The highest BCUT2D eigenvalue weighted by molar-refractivity contribution is 7.97. The molecule has 0 amide bonds. The molecule has 0 fully saturated rings. The van der Waals surface area contributed by atoms with Crippen LogP contribution in [0, 0.1) is 13.8 Å². The summed E-state index contributed by atoms with van der Waals surface area (Å²) >= 11 is 1.80. The number of rotatable bonds is 6. The summed E-state index contributed by atoms with van der Waals surface area (Å²) in [7, 11) is 1.59. The summed E-state index contributed by atoms with van der Waals surface area (Å²) in [6.45, 7) is 7.70. The zero-order valence-corrected chi connectivity index (χ0v) is 12.3. The van der Waals surface area contributed by atoms with Gasteiger partial charge in [0.15, 0.2) is 11.5 Å². The molecule has 0 unspecified atom stereocenters. The Balaban J connectivity index is 1.92. The molecular formula is C15H18O3S. The molecule has 0 spiro atoms. The fourth-order valence-electron chi connectivity index (χ4n) is 1.73. The maximum atomic E-state index is 5.61. The number of ether oxygens (including phenoxy) is 1. The minimum atomic E-state index is 0.556. The van der Waals surface area contributed by atoms with Crippen LogP contribution in [0.15, 0.2) is 33.6 Å². The SMILES string of the molecule is C=C(OC)c1cc(CSCc2ccc(C)o2)c(C)o1. The van der Waals surface area contributed by atoms with E-state index in [1.54, 1.807) is 18.9 Å². The van der Waals surface area contributed by atoms with Crippen LogP contribution in [0.4, 0.5) is 0 Å². The van der Waals surface area contributed by atoms with Gasteiger partial charge in [-0.05, 0) is 32.0 Å². The minimum Gasteiger partial charge on any atom is -0.493 e. The lowest BCUT2D eigenvalue weighted by molar-refractivity contribution is 0.351. The maximum absolute atomic E-state index is 5.61. The van der Waals surface area contributed by atoms with Crippen molar-refractivity contribution in [1.82, 2.24) is 0 Å². The zero-order valence-electron chi connectivity index (χ0n) is 11.5. The smallest absolute Gasteiger partial charge is 0.168 e. The van der Waals surface area contributed by atoms with Crippen LogP contribution < -0.4 is 0 Å². The van der Waals surface area contributed by atoms with Crippen molar-refractivity contribution < 1.29 is 13.6 Å². The van der Waals surface area contributed by atoms with Gasteiger partial charge in [-0.2, -0.15) is 0 Å². The fraction of sp³-hybridized carbons (Fsp3) is 0.333. The lowest BCUT2D eigenvalue weighted by atomic mass is 10.3. The van der Waals surface area contributed by atoms with E-state index in [2.05, 4.69) is 6.58 Å². The van der Waals surface area contributed by atoms with Crippen LogP contribution in [0.3, 0.4) is 0 Å². The van der Waals surface area contributed by atoms with Crippen molar-refractivity contribution in [3.8, 4) is 0 Å². The van der Waals surface area contributed by atoms with Crippen molar-refractivity contribution in [3.63, 3.8) is 0 Å². The minimum absolute atomic E-state index is 0.556. The van der Waals surface area contributed by atoms with E-state index in [0.717, 1.165) is 28.8 Å². The van der Waals surface area contributed by atoms with Crippen LogP contribution in [0.5, 0.6) is 0 Å². The molecule has 3 nitrogen and oxygen atoms in total. The third-order valence-corrected chi connectivity index (χ3v) is 3.84. The second-order valence-electron chi connectivity index (χ2n) is 4.32. The van der Waals surface area contributed by atoms with Gasteiger partial charge in [-0.25, -0.2) is 0 Å². The van der Waals surface area contributed by atoms with Gasteiger partial charge in [-0.15, -0.1) is 11.8 Å². The first kappa shape index (κ1) is 13.9. The summed E-state index contributed by atoms with van der Waals surface area (Å²) in [4.78, 5) is 0. The molecule has 0 bridgehead atoms. The number of hydrogen-bond donors (Lipinski definition) is 0. The average Bonchev–Trinajstić information content (AvgIpc) is 2.96. The summed E-state index contributed by atoms with van der Waals surface area (Å²) in [6.07, 6.45) is 0. The molecule has 0 aromatic carbocycles. The van der Waals surface area contributed by atoms with E-state index >= 15 is 0 Å². The van der Waals surface area contributed by atoms with Gasteiger partial charge < -0.3 is 13.6 Å². The van der Waals surface area contributed by atoms with Gasteiger partial charge in [0.05, 0.1) is 12.9 Å². The van der Waals surface area contributed by atoms with Crippen molar-refractivity contribution in [1.29, 1.82) is 0 Å². The molecule has 4 heteroatoms. The lowest BCUT2D eigenvalue weighted by Crippen LogP contribution is -1.82. The van der Waals surface area contributed by atoms with Crippen LogP contribution >= 0.6 is 11.8 Å². The highest BCUT2D eigenvalue weighted by atomic mass is 32.2. The Morgan fingerprint density at radius 3 is 2.68 bits per heavy atom. The Morgan fingerprint density at radius 2 is 2.05 bits per heavy atom. The first-order valence-corrected chi connectivity index (χ1v) is 7.21. The fourth-order valence-corrected chi connectivity index (χ4v) is 2.69. The first-order valence-electron chi connectivity index (χ1n) is 6.05. The highest BCUT2D eigenvalue weighted by Crippen LogP contribution is 2.26. The zero-order chi connectivity index (χ0) is 13.8. The molecule has 2 heterocycles. The van der Waals surface area contributed by atoms with Gasteiger partial charge in [0.2, 0.25) is 0 Å². The molecule has 0 aliphatic heterocycles. The van der Waals surface area contributed by atoms with Gasteiger partial charge in [0, 0.05) is 11.3 Å². The first-order chi connectivity index (χ1) is 9.10. The quantitative estimate of drug-likeness (QED) is 0.727.